The Morgan fingerprint density at radius 2 is 2.12 bits per heavy atom. The van der Waals surface area contributed by atoms with Crippen molar-refractivity contribution in [3.8, 4) is 0 Å². The predicted molar refractivity (Wildman–Crippen MR) is 74.5 cm³/mol. The van der Waals surface area contributed by atoms with Crippen LogP contribution in [0.1, 0.15) is 56.2 Å². The highest BCUT2D eigenvalue weighted by Crippen LogP contribution is 2.30. The molecule has 1 atom stereocenters. The lowest BCUT2D eigenvalue weighted by molar-refractivity contribution is 0.610. The van der Waals surface area contributed by atoms with Gasteiger partial charge in [0.05, 0.1) is 0 Å². The zero-order chi connectivity index (χ0) is 13.0. The Morgan fingerprint density at radius 3 is 2.59 bits per heavy atom. The van der Waals surface area contributed by atoms with Crippen LogP contribution < -0.4 is 0 Å². The number of hydrogen-bond donors (Lipinski definition) is 0. The number of halogens is 1. The minimum absolute atomic E-state index is 0.192. The summed E-state index contributed by atoms with van der Waals surface area (Å²) in [5, 5.41) is 0. The Hall–Kier alpha value is -1.37. The van der Waals surface area contributed by atoms with Crippen LogP contribution in [0.4, 0.5) is 4.39 Å². The highest BCUT2D eigenvalue weighted by molar-refractivity contribution is 5.68. The highest BCUT2D eigenvalue weighted by atomic mass is 19.1. The average Bonchev–Trinajstić information content (AvgIpc) is 2.28. The molecule has 0 amide bonds. The molecule has 0 aliphatic carbocycles. The van der Waals surface area contributed by atoms with Gasteiger partial charge in [0.15, 0.2) is 0 Å². The average molecular weight is 232 g/mol. The zero-order valence-electron chi connectivity index (χ0n) is 11.0. The third-order valence-electron chi connectivity index (χ3n) is 3.10. The van der Waals surface area contributed by atoms with E-state index < -0.39 is 0 Å². The Bertz CT molecular complexity index is 429. The van der Waals surface area contributed by atoms with Crippen molar-refractivity contribution >= 4 is 11.6 Å². The van der Waals surface area contributed by atoms with Gasteiger partial charge in [0.1, 0.15) is 5.82 Å². The monoisotopic (exact) mass is 232 g/mol. The molecule has 1 aromatic carbocycles. The third-order valence-corrected chi connectivity index (χ3v) is 3.10. The van der Waals surface area contributed by atoms with E-state index in [0.717, 1.165) is 29.5 Å². The van der Waals surface area contributed by atoms with Gasteiger partial charge in [-0.05, 0) is 42.5 Å². The molecule has 0 radical (unpaired) electrons. The van der Waals surface area contributed by atoms with Crippen LogP contribution in [0.5, 0.6) is 0 Å². The van der Waals surface area contributed by atoms with Gasteiger partial charge in [-0.15, -0.1) is 0 Å². The molecule has 0 saturated carbocycles. The second kappa shape index (κ2) is 5.81. The van der Waals surface area contributed by atoms with E-state index in [0.29, 0.717) is 11.5 Å². The van der Waals surface area contributed by atoms with Gasteiger partial charge in [-0.3, -0.25) is 0 Å². The van der Waals surface area contributed by atoms with E-state index in [1.165, 1.54) is 0 Å². The molecule has 0 aliphatic heterocycles. The lowest BCUT2D eigenvalue weighted by Crippen LogP contribution is -2.00. The van der Waals surface area contributed by atoms with E-state index in [9.17, 15) is 4.39 Å². The van der Waals surface area contributed by atoms with Crippen LogP contribution in [0, 0.1) is 5.82 Å². The fraction of sp³-hybridized carbons (Fsp3) is 0.375. The summed E-state index contributed by atoms with van der Waals surface area (Å²) in [6.07, 6.45) is 3.71. The van der Waals surface area contributed by atoms with Crippen LogP contribution in [0.2, 0.25) is 0 Å². The Labute approximate surface area is 104 Å². The van der Waals surface area contributed by atoms with E-state index in [4.69, 9.17) is 0 Å². The molecule has 0 bridgehead atoms. The van der Waals surface area contributed by atoms with Crippen molar-refractivity contribution in [2.75, 3.05) is 0 Å². The lowest BCUT2D eigenvalue weighted by atomic mass is 9.88. The highest BCUT2D eigenvalue weighted by Gasteiger charge is 2.13. The molecule has 0 saturated heterocycles. The molecule has 92 valence electrons. The molecule has 17 heavy (non-hydrogen) atoms. The molecule has 0 aliphatic rings. The van der Waals surface area contributed by atoms with Crippen LogP contribution in [0.3, 0.4) is 0 Å². The number of benzene rings is 1. The molecule has 1 heteroatoms. The Morgan fingerprint density at radius 1 is 1.47 bits per heavy atom. The largest absolute Gasteiger partial charge is 0.206 e. The molecule has 1 unspecified atom stereocenters. The van der Waals surface area contributed by atoms with Gasteiger partial charge in [-0.1, -0.05) is 45.1 Å². The van der Waals surface area contributed by atoms with Crippen LogP contribution in [0.25, 0.3) is 11.6 Å². The van der Waals surface area contributed by atoms with E-state index in [-0.39, 0.29) is 5.82 Å². The fourth-order valence-corrected chi connectivity index (χ4v) is 2.13. The Balaban J connectivity index is 3.32. The molecule has 0 aromatic heterocycles. The summed E-state index contributed by atoms with van der Waals surface area (Å²) in [5.74, 6) is 0.169. The normalized spacial score (nSPS) is 12.2. The van der Waals surface area contributed by atoms with Crippen molar-refractivity contribution in [3.05, 3.63) is 47.8 Å². The van der Waals surface area contributed by atoms with Crippen molar-refractivity contribution in [2.24, 2.45) is 0 Å². The predicted octanol–water partition coefficient (Wildman–Crippen LogP) is 5.41. The maximum Gasteiger partial charge on any atom is 0.130 e. The first kappa shape index (κ1) is 13.7. The smallest absolute Gasteiger partial charge is 0.130 e. The van der Waals surface area contributed by atoms with E-state index in [1.807, 2.05) is 13.0 Å². The molecule has 0 spiro atoms. The van der Waals surface area contributed by atoms with Gasteiger partial charge in [0.25, 0.3) is 0 Å². The van der Waals surface area contributed by atoms with Crippen molar-refractivity contribution in [2.45, 2.75) is 39.5 Å². The maximum atomic E-state index is 13.8. The molecular weight excluding hydrogens is 211 g/mol. The van der Waals surface area contributed by atoms with Crippen LogP contribution >= 0.6 is 0 Å². The van der Waals surface area contributed by atoms with Crippen LogP contribution in [-0.4, -0.2) is 0 Å². The lowest BCUT2D eigenvalue weighted by Gasteiger charge is -2.17. The Kier molecular flexibility index (Phi) is 4.68. The van der Waals surface area contributed by atoms with Gasteiger partial charge in [-0.25, -0.2) is 4.39 Å². The minimum atomic E-state index is -0.192. The first-order chi connectivity index (χ1) is 8.01. The number of rotatable bonds is 5. The van der Waals surface area contributed by atoms with Gasteiger partial charge >= 0.3 is 0 Å². The molecular formula is C16H21F. The van der Waals surface area contributed by atoms with Crippen molar-refractivity contribution < 1.29 is 4.39 Å². The number of allylic oxidation sites excluding steroid dienone is 1. The van der Waals surface area contributed by atoms with E-state index >= 15 is 0 Å². The first-order valence-corrected chi connectivity index (χ1v) is 6.13. The summed E-state index contributed by atoms with van der Waals surface area (Å²) in [5.41, 5.74) is 3.64. The summed E-state index contributed by atoms with van der Waals surface area (Å²) >= 11 is 0. The van der Waals surface area contributed by atoms with Crippen molar-refractivity contribution in [3.63, 3.8) is 0 Å². The quantitative estimate of drug-likeness (QED) is 0.637. The van der Waals surface area contributed by atoms with Crippen molar-refractivity contribution in [1.29, 1.82) is 0 Å². The second-order valence-electron chi connectivity index (χ2n) is 4.64. The third kappa shape index (κ3) is 3.06. The van der Waals surface area contributed by atoms with Gasteiger partial charge < -0.3 is 0 Å². The molecule has 1 aromatic rings. The topological polar surface area (TPSA) is 0 Å². The summed E-state index contributed by atoms with van der Waals surface area (Å²) in [6, 6.07) is 3.49. The van der Waals surface area contributed by atoms with Crippen LogP contribution in [0.15, 0.2) is 25.3 Å². The molecule has 1 rings (SSSR count). The summed E-state index contributed by atoms with van der Waals surface area (Å²) in [7, 11) is 0. The van der Waals surface area contributed by atoms with Gasteiger partial charge in [0, 0.05) is 5.56 Å². The van der Waals surface area contributed by atoms with Gasteiger partial charge in [-0.2, -0.15) is 0 Å². The number of hydrogen-bond acceptors (Lipinski definition) is 0. The SMILES string of the molecule is C=Cc1cc(C(=C)C)c(C(C)CCC)cc1F. The van der Waals surface area contributed by atoms with Crippen molar-refractivity contribution in [1.82, 2.24) is 0 Å². The second-order valence-corrected chi connectivity index (χ2v) is 4.64. The van der Waals surface area contributed by atoms with Gasteiger partial charge in [0.2, 0.25) is 0 Å². The molecule has 0 heterocycles. The minimum Gasteiger partial charge on any atom is -0.206 e. The molecule has 0 nitrogen and oxygen atoms in total. The molecule has 0 N–H and O–H groups in total. The summed E-state index contributed by atoms with van der Waals surface area (Å²) in [6.45, 7) is 13.9. The van der Waals surface area contributed by atoms with E-state index in [2.05, 4.69) is 27.0 Å². The zero-order valence-corrected chi connectivity index (χ0v) is 11.0. The first-order valence-electron chi connectivity index (χ1n) is 6.13. The summed E-state index contributed by atoms with van der Waals surface area (Å²) in [4.78, 5) is 0. The summed E-state index contributed by atoms with van der Waals surface area (Å²) < 4.78 is 13.8. The van der Waals surface area contributed by atoms with Crippen LogP contribution in [-0.2, 0) is 0 Å². The maximum absolute atomic E-state index is 13.8. The fourth-order valence-electron chi connectivity index (χ4n) is 2.13. The standard InChI is InChI=1S/C16H21F/c1-6-8-12(5)15-10-16(17)13(7-2)9-14(15)11(3)4/h7,9-10,12H,2-3,6,8H2,1,4-5H3. The molecule has 0 fully saturated rings. The van der Waals surface area contributed by atoms with E-state index in [1.54, 1.807) is 12.1 Å².